The minimum atomic E-state index is -0.409. The van der Waals surface area contributed by atoms with Gasteiger partial charge in [0.05, 0.1) is 18.3 Å². The molecule has 0 fully saturated rings. The highest BCUT2D eigenvalue weighted by atomic mass is 35.5. The average Bonchev–Trinajstić information content (AvgIpc) is 2.48. The predicted octanol–water partition coefficient (Wildman–Crippen LogP) is 3.36. The molecule has 4 nitrogen and oxygen atoms in total. The number of ether oxygens (including phenoxy) is 2. The van der Waals surface area contributed by atoms with Crippen LogP contribution < -0.4 is 15.3 Å². The number of methoxy groups -OCH3 is 1. The van der Waals surface area contributed by atoms with Crippen molar-refractivity contribution in [2.24, 2.45) is 10.9 Å². The molecule has 0 bridgehead atoms. The van der Waals surface area contributed by atoms with E-state index in [1.54, 1.807) is 30.3 Å². The minimum Gasteiger partial charge on any atom is -0.493 e. The summed E-state index contributed by atoms with van der Waals surface area (Å²) >= 11 is 5.95. The lowest BCUT2D eigenvalue weighted by molar-refractivity contribution is 0.280. The number of hydrazone groups is 1. The first kappa shape index (κ1) is 15.1. The van der Waals surface area contributed by atoms with Gasteiger partial charge >= 0.3 is 0 Å². The summed E-state index contributed by atoms with van der Waals surface area (Å²) in [6, 6.07) is 9.67. The molecule has 0 aliphatic rings. The van der Waals surface area contributed by atoms with Crippen LogP contribution in [0.2, 0.25) is 5.02 Å². The van der Waals surface area contributed by atoms with Gasteiger partial charge in [-0.15, -0.1) is 0 Å². The number of hydrogen-bond acceptors (Lipinski definition) is 4. The van der Waals surface area contributed by atoms with Crippen LogP contribution >= 0.6 is 11.6 Å². The molecule has 2 aromatic carbocycles. The van der Waals surface area contributed by atoms with Crippen LogP contribution in [0.25, 0.3) is 0 Å². The molecular weight excluding hydrogens is 295 g/mol. The maximum Gasteiger partial charge on any atom is 0.161 e. The zero-order valence-corrected chi connectivity index (χ0v) is 12.1. The van der Waals surface area contributed by atoms with Crippen LogP contribution in [-0.2, 0) is 6.61 Å². The molecule has 2 N–H and O–H groups in total. The normalized spacial score (nSPS) is 10.8. The number of rotatable bonds is 5. The lowest BCUT2D eigenvalue weighted by atomic mass is 10.2. The first-order chi connectivity index (χ1) is 10.2. The second-order valence-corrected chi connectivity index (χ2v) is 4.58. The van der Waals surface area contributed by atoms with Crippen molar-refractivity contribution in [2.45, 2.75) is 6.61 Å². The van der Waals surface area contributed by atoms with Crippen molar-refractivity contribution in [3.8, 4) is 11.5 Å². The predicted molar refractivity (Wildman–Crippen MR) is 80.5 cm³/mol. The SMILES string of the molecule is COc1cc(C=NN)ccc1OCc1c(F)cccc1Cl. The summed E-state index contributed by atoms with van der Waals surface area (Å²) in [7, 11) is 1.52. The van der Waals surface area contributed by atoms with E-state index in [1.807, 2.05) is 0 Å². The highest BCUT2D eigenvalue weighted by molar-refractivity contribution is 6.31. The molecule has 2 rings (SSSR count). The van der Waals surface area contributed by atoms with Crippen molar-refractivity contribution in [1.29, 1.82) is 0 Å². The number of hydrogen-bond donors (Lipinski definition) is 1. The molecule has 0 aromatic heterocycles. The van der Waals surface area contributed by atoms with Crippen molar-refractivity contribution in [3.63, 3.8) is 0 Å². The van der Waals surface area contributed by atoms with Crippen LogP contribution in [0.15, 0.2) is 41.5 Å². The van der Waals surface area contributed by atoms with Crippen LogP contribution in [0, 0.1) is 5.82 Å². The molecular formula is C15H14ClFN2O2. The average molecular weight is 309 g/mol. The second kappa shape index (κ2) is 6.95. The van der Waals surface area contributed by atoms with Crippen molar-refractivity contribution in [1.82, 2.24) is 0 Å². The largest absolute Gasteiger partial charge is 0.493 e. The molecule has 0 radical (unpaired) electrons. The van der Waals surface area contributed by atoms with Crippen LogP contribution in [0.5, 0.6) is 11.5 Å². The summed E-state index contributed by atoms with van der Waals surface area (Å²) in [6.45, 7) is 0.00614. The Balaban J connectivity index is 2.20. The summed E-state index contributed by atoms with van der Waals surface area (Å²) in [5.74, 6) is 5.67. The van der Waals surface area contributed by atoms with E-state index in [0.717, 1.165) is 5.56 Å². The standard InChI is InChI=1S/C15H14ClFN2O2/c1-20-15-7-10(8-19-18)5-6-14(15)21-9-11-12(16)3-2-4-13(11)17/h2-8H,9,18H2,1H3. The van der Waals surface area contributed by atoms with Crippen LogP contribution in [0.3, 0.4) is 0 Å². The molecule has 0 spiro atoms. The van der Waals surface area contributed by atoms with Crippen LogP contribution in [-0.4, -0.2) is 13.3 Å². The smallest absolute Gasteiger partial charge is 0.161 e. The number of halogens is 2. The third-order valence-corrected chi connectivity index (χ3v) is 3.20. The van der Waals surface area contributed by atoms with Gasteiger partial charge in [0.25, 0.3) is 0 Å². The zero-order chi connectivity index (χ0) is 15.2. The Labute approximate surface area is 126 Å². The van der Waals surface area contributed by atoms with Gasteiger partial charge < -0.3 is 15.3 Å². The third kappa shape index (κ3) is 3.64. The quantitative estimate of drug-likeness (QED) is 0.523. The Morgan fingerprint density at radius 2 is 2.10 bits per heavy atom. The lowest BCUT2D eigenvalue weighted by Crippen LogP contribution is -2.01. The molecule has 21 heavy (non-hydrogen) atoms. The van der Waals surface area contributed by atoms with E-state index in [1.165, 1.54) is 19.4 Å². The van der Waals surface area contributed by atoms with E-state index in [4.69, 9.17) is 26.9 Å². The number of nitrogens with two attached hydrogens (primary N) is 1. The van der Waals surface area contributed by atoms with Crippen molar-refractivity contribution in [2.75, 3.05) is 7.11 Å². The molecule has 6 heteroatoms. The van der Waals surface area contributed by atoms with Crippen molar-refractivity contribution in [3.05, 3.63) is 58.4 Å². The maximum absolute atomic E-state index is 13.7. The molecule has 0 saturated carbocycles. The zero-order valence-electron chi connectivity index (χ0n) is 11.3. The van der Waals surface area contributed by atoms with E-state index in [-0.39, 0.29) is 6.61 Å². The van der Waals surface area contributed by atoms with E-state index < -0.39 is 5.82 Å². The molecule has 0 saturated heterocycles. The van der Waals surface area contributed by atoms with Gasteiger partial charge in [0, 0.05) is 5.56 Å². The lowest BCUT2D eigenvalue weighted by Gasteiger charge is -2.12. The molecule has 0 unspecified atom stereocenters. The molecule has 0 aliphatic carbocycles. The Morgan fingerprint density at radius 3 is 2.76 bits per heavy atom. The van der Waals surface area contributed by atoms with E-state index in [2.05, 4.69) is 5.10 Å². The second-order valence-electron chi connectivity index (χ2n) is 4.18. The Kier molecular flexibility index (Phi) is 5.00. The van der Waals surface area contributed by atoms with Gasteiger partial charge in [0.2, 0.25) is 0 Å². The van der Waals surface area contributed by atoms with Crippen LogP contribution in [0.4, 0.5) is 4.39 Å². The van der Waals surface area contributed by atoms with Gasteiger partial charge in [-0.3, -0.25) is 0 Å². The molecule has 2 aromatic rings. The highest BCUT2D eigenvalue weighted by Crippen LogP contribution is 2.29. The van der Waals surface area contributed by atoms with Gasteiger partial charge in [-0.2, -0.15) is 5.10 Å². The number of benzene rings is 2. The Morgan fingerprint density at radius 1 is 1.29 bits per heavy atom. The van der Waals surface area contributed by atoms with Gasteiger partial charge in [0.15, 0.2) is 11.5 Å². The third-order valence-electron chi connectivity index (χ3n) is 2.84. The van der Waals surface area contributed by atoms with E-state index >= 15 is 0 Å². The summed E-state index contributed by atoms with van der Waals surface area (Å²) in [5.41, 5.74) is 1.07. The fraction of sp³-hybridized carbons (Fsp3) is 0.133. The Bertz CT molecular complexity index is 642. The number of nitrogens with zero attached hydrogens (tertiary/aromatic N) is 1. The molecule has 0 aliphatic heterocycles. The topological polar surface area (TPSA) is 56.8 Å². The summed E-state index contributed by atoms with van der Waals surface area (Å²) < 4.78 is 24.5. The van der Waals surface area contributed by atoms with E-state index in [9.17, 15) is 4.39 Å². The first-order valence-corrected chi connectivity index (χ1v) is 6.50. The summed E-state index contributed by atoms with van der Waals surface area (Å²) in [4.78, 5) is 0. The molecule has 0 amide bonds. The van der Waals surface area contributed by atoms with Gasteiger partial charge in [0.1, 0.15) is 12.4 Å². The fourth-order valence-electron chi connectivity index (χ4n) is 1.79. The maximum atomic E-state index is 13.7. The molecule has 0 atom stereocenters. The summed E-state index contributed by atoms with van der Waals surface area (Å²) in [5, 5.41) is 3.76. The summed E-state index contributed by atoms with van der Waals surface area (Å²) in [6.07, 6.45) is 1.49. The minimum absolute atomic E-state index is 0.00614. The fourth-order valence-corrected chi connectivity index (χ4v) is 2.01. The Hall–Kier alpha value is -2.27. The van der Waals surface area contributed by atoms with Crippen molar-refractivity contribution < 1.29 is 13.9 Å². The highest BCUT2D eigenvalue weighted by Gasteiger charge is 2.10. The van der Waals surface area contributed by atoms with Crippen molar-refractivity contribution >= 4 is 17.8 Å². The van der Waals surface area contributed by atoms with Gasteiger partial charge in [-0.05, 0) is 35.9 Å². The van der Waals surface area contributed by atoms with Gasteiger partial charge in [-0.1, -0.05) is 17.7 Å². The van der Waals surface area contributed by atoms with Crippen LogP contribution in [0.1, 0.15) is 11.1 Å². The monoisotopic (exact) mass is 308 g/mol. The first-order valence-electron chi connectivity index (χ1n) is 6.12. The molecule has 0 heterocycles. The molecule has 110 valence electrons. The van der Waals surface area contributed by atoms with Gasteiger partial charge in [-0.25, -0.2) is 4.39 Å². The van der Waals surface area contributed by atoms with E-state index in [0.29, 0.717) is 22.1 Å².